The molecular weight excluding hydrogens is 446 g/mol. The van der Waals surface area contributed by atoms with E-state index in [4.69, 9.17) is 14.2 Å². The number of hydrogen-bond donors (Lipinski definition) is 1. The van der Waals surface area contributed by atoms with Crippen LogP contribution < -0.4 is 24.4 Å². The van der Waals surface area contributed by atoms with Crippen molar-refractivity contribution in [3.05, 3.63) is 60.7 Å². The van der Waals surface area contributed by atoms with Gasteiger partial charge in [0, 0.05) is 30.4 Å². The third-order valence-electron chi connectivity index (χ3n) is 6.21. The second-order valence-corrected chi connectivity index (χ2v) is 8.69. The molecule has 8 heteroatoms. The van der Waals surface area contributed by atoms with Gasteiger partial charge >= 0.3 is 0 Å². The average Bonchev–Trinajstić information content (AvgIpc) is 3.35. The Bertz CT molecular complexity index is 1060. The number of para-hydroxylation sites is 1. The van der Waals surface area contributed by atoms with Crippen molar-refractivity contribution in [1.82, 2.24) is 10.2 Å². The minimum atomic E-state index is -0.0940. The molecule has 2 aromatic carbocycles. The van der Waals surface area contributed by atoms with E-state index in [1.54, 1.807) is 11.0 Å². The van der Waals surface area contributed by atoms with E-state index in [1.807, 2.05) is 49.4 Å². The Hall–Kier alpha value is -3.52. The smallest absolute Gasteiger partial charge is 0.241 e. The largest absolute Gasteiger partial charge is 0.489 e. The molecule has 0 bridgehead atoms. The monoisotopic (exact) mass is 479 g/mol. The summed E-state index contributed by atoms with van der Waals surface area (Å²) in [6.45, 7) is 8.71. The summed E-state index contributed by atoms with van der Waals surface area (Å²) in [6, 6.07) is 13.2. The second-order valence-electron chi connectivity index (χ2n) is 8.69. The van der Waals surface area contributed by atoms with Crippen LogP contribution in [0.5, 0.6) is 17.2 Å². The van der Waals surface area contributed by atoms with Gasteiger partial charge in [-0.05, 0) is 44.5 Å². The fourth-order valence-corrected chi connectivity index (χ4v) is 4.48. The van der Waals surface area contributed by atoms with E-state index in [0.29, 0.717) is 43.5 Å². The molecule has 0 radical (unpaired) electrons. The van der Waals surface area contributed by atoms with E-state index in [0.717, 1.165) is 30.6 Å². The van der Waals surface area contributed by atoms with Crippen molar-refractivity contribution in [2.45, 2.75) is 26.3 Å². The van der Waals surface area contributed by atoms with Crippen molar-refractivity contribution in [2.24, 2.45) is 5.92 Å². The zero-order valence-electron chi connectivity index (χ0n) is 20.2. The highest BCUT2D eigenvalue weighted by Gasteiger charge is 2.29. The molecule has 186 valence electrons. The Kier molecular flexibility index (Phi) is 8.26. The minimum absolute atomic E-state index is 0.0565. The number of nitrogens with one attached hydrogen (secondary N) is 1. The van der Waals surface area contributed by atoms with E-state index in [2.05, 4.69) is 16.8 Å². The van der Waals surface area contributed by atoms with Crippen LogP contribution in [0.4, 0.5) is 5.69 Å². The van der Waals surface area contributed by atoms with Crippen molar-refractivity contribution in [3.8, 4) is 17.2 Å². The van der Waals surface area contributed by atoms with Gasteiger partial charge in [-0.3, -0.25) is 14.5 Å². The summed E-state index contributed by atoms with van der Waals surface area (Å²) in [7, 11) is 0. The van der Waals surface area contributed by atoms with Gasteiger partial charge in [0.1, 0.15) is 12.4 Å². The molecule has 35 heavy (non-hydrogen) atoms. The van der Waals surface area contributed by atoms with Gasteiger partial charge in [0.25, 0.3) is 0 Å². The Labute approximate surface area is 206 Å². The Morgan fingerprint density at radius 3 is 2.89 bits per heavy atom. The standard InChI is InChI=1S/C27H33N3O5/c1-3-14-33-23-10-6-5-8-20(23)17-30(22-11-12-24-25(15-22)35-19-34-24)26(31)18-29-13-7-9-21(16-29)27(32)28-4-2/h3,5-6,8,10-12,15,21H,1,4,7,9,13-14,16-19H2,2H3,(H,28,32). The predicted octanol–water partition coefficient (Wildman–Crippen LogP) is 3.36. The lowest BCUT2D eigenvalue weighted by molar-refractivity contribution is -0.128. The van der Waals surface area contributed by atoms with Gasteiger partial charge in [-0.1, -0.05) is 30.9 Å². The topological polar surface area (TPSA) is 80.3 Å². The summed E-state index contributed by atoms with van der Waals surface area (Å²) in [5.74, 6) is 1.90. The number of carbonyl (C=O) groups excluding carboxylic acids is 2. The van der Waals surface area contributed by atoms with Crippen LogP contribution in [-0.4, -0.2) is 56.3 Å². The zero-order valence-corrected chi connectivity index (χ0v) is 20.2. The van der Waals surface area contributed by atoms with E-state index in [-0.39, 0.29) is 31.1 Å². The third-order valence-corrected chi connectivity index (χ3v) is 6.21. The fraction of sp³-hybridized carbons (Fsp3) is 0.407. The number of ether oxygens (including phenoxy) is 3. The third kappa shape index (κ3) is 6.14. The Morgan fingerprint density at radius 1 is 1.23 bits per heavy atom. The van der Waals surface area contributed by atoms with Gasteiger partial charge < -0.3 is 24.4 Å². The highest BCUT2D eigenvalue weighted by atomic mass is 16.7. The molecule has 4 rings (SSSR count). The number of likely N-dealkylation sites (tertiary alicyclic amines) is 1. The van der Waals surface area contributed by atoms with Crippen molar-refractivity contribution < 1.29 is 23.8 Å². The van der Waals surface area contributed by atoms with E-state index in [9.17, 15) is 9.59 Å². The van der Waals surface area contributed by atoms with Crippen molar-refractivity contribution in [2.75, 3.05) is 44.5 Å². The predicted molar refractivity (Wildman–Crippen MR) is 134 cm³/mol. The Balaban J connectivity index is 1.55. The molecule has 0 aromatic heterocycles. The molecule has 1 atom stereocenters. The van der Waals surface area contributed by atoms with Crippen LogP contribution in [0.2, 0.25) is 0 Å². The summed E-state index contributed by atoms with van der Waals surface area (Å²) in [5, 5.41) is 2.91. The number of piperidine rings is 1. The summed E-state index contributed by atoms with van der Waals surface area (Å²) in [4.78, 5) is 29.9. The second kappa shape index (κ2) is 11.8. The molecule has 1 saturated heterocycles. The molecule has 0 saturated carbocycles. The highest BCUT2D eigenvalue weighted by molar-refractivity contribution is 5.95. The molecule has 0 aliphatic carbocycles. The number of nitrogens with zero attached hydrogens (tertiary/aromatic N) is 2. The Morgan fingerprint density at radius 2 is 2.06 bits per heavy atom. The van der Waals surface area contributed by atoms with Gasteiger partial charge in [-0.2, -0.15) is 0 Å². The van der Waals surface area contributed by atoms with Crippen LogP contribution in [-0.2, 0) is 16.1 Å². The first kappa shape index (κ1) is 24.6. The van der Waals surface area contributed by atoms with Gasteiger partial charge in [-0.15, -0.1) is 0 Å². The molecule has 1 unspecified atom stereocenters. The molecule has 8 nitrogen and oxygen atoms in total. The first-order valence-electron chi connectivity index (χ1n) is 12.1. The van der Waals surface area contributed by atoms with Crippen LogP contribution in [0.1, 0.15) is 25.3 Å². The molecule has 0 spiro atoms. The molecule has 2 amide bonds. The average molecular weight is 480 g/mol. The molecule has 2 heterocycles. The molecule has 2 aromatic rings. The number of rotatable bonds is 10. The number of hydrogen-bond acceptors (Lipinski definition) is 6. The van der Waals surface area contributed by atoms with Gasteiger partial charge in [0.05, 0.1) is 19.0 Å². The quantitative estimate of drug-likeness (QED) is 0.527. The van der Waals surface area contributed by atoms with E-state index >= 15 is 0 Å². The maximum atomic E-state index is 13.7. The van der Waals surface area contributed by atoms with Crippen LogP contribution in [0.25, 0.3) is 0 Å². The lowest BCUT2D eigenvalue weighted by Gasteiger charge is -2.33. The van der Waals surface area contributed by atoms with Gasteiger partial charge in [0.2, 0.25) is 18.6 Å². The first-order chi connectivity index (χ1) is 17.1. The van der Waals surface area contributed by atoms with Crippen LogP contribution in [0.3, 0.4) is 0 Å². The summed E-state index contributed by atoms with van der Waals surface area (Å²) in [5.41, 5.74) is 1.61. The number of fused-ring (bicyclic) bond motifs is 1. The summed E-state index contributed by atoms with van der Waals surface area (Å²) < 4.78 is 16.8. The van der Waals surface area contributed by atoms with Crippen molar-refractivity contribution in [3.63, 3.8) is 0 Å². The number of benzene rings is 2. The maximum Gasteiger partial charge on any atom is 0.241 e. The van der Waals surface area contributed by atoms with E-state index in [1.165, 1.54) is 0 Å². The molecular formula is C27H33N3O5. The molecule has 2 aliphatic heterocycles. The van der Waals surface area contributed by atoms with E-state index < -0.39 is 0 Å². The molecule has 2 aliphatic rings. The summed E-state index contributed by atoms with van der Waals surface area (Å²) >= 11 is 0. The number of carbonyl (C=O) groups is 2. The SMILES string of the molecule is C=CCOc1ccccc1CN(C(=O)CN1CCCC(C(=O)NCC)C1)c1ccc2c(c1)OCO2. The highest BCUT2D eigenvalue weighted by Crippen LogP contribution is 2.36. The van der Waals surface area contributed by atoms with Gasteiger partial charge in [0.15, 0.2) is 11.5 Å². The fourth-order valence-electron chi connectivity index (χ4n) is 4.48. The van der Waals surface area contributed by atoms with Crippen LogP contribution in [0.15, 0.2) is 55.1 Å². The first-order valence-corrected chi connectivity index (χ1v) is 12.1. The molecule has 1 N–H and O–H groups in total. The van der Waals surface area contributed by atoms with Crippen LogP contribution >= 0.6 is 0 Å². The lowest BCUT2D eigenvalue weighted by Crippen LogP contribution is -2.47. The maximum absolute atomic E-state index is 13.7. The number of amides is 2. The van der Waals surface area contributed by atoms with Crippen LogP contribution in [0, 0.1) is 5.92 Å². The number of anilines is 1. The lowest BCUT2D eigenvalue weighted by atomic mass is 9.97. The van der Waals surface area contributed by atoms with Gasteiger partial charge in [-0.25, -0.2) is 0 Å². The molecule has 1 fully saturated rings. The normalized spacial score (nSPS) is 17.0. The minimum Gasteiger partial charge on any atom is -0.489 e. The van der Waals surface area contributed by atoms with Crippen molar-refractivity contribution >= 4 is 17.5 Å². The zero-order chi connectivity index (χ0) is 24.6. The van der Waals surface area contributed by atoms with Crippen molar-refractivity contribution in [1.29, 1.82) is 0 Å². The summed E-state index contributed by atoms with van der Waals surface area (Å²) in [6.07, 6.45) is 3.42.